The normalized spacial score (nSPS) is 11.9. The van der Waals surface area contributed by atoms with Crippen LogP contribution in [0.15, 0.2) is 59.5 Å². The maximum atomic E-state index is 12.2. The van der Waals surface area contributed by atoms with Crippen LogP contribution in [0.1, 0.15) is 20.7 Å². The molecule has 0 aliphatic carbocycles. The van der Waals surface area contributed by atoms with E-state index in [1.54, 1.807) is 11.8 Å². The molecule has 0 aliphatic rings. The van der Waals surface area contributed by atoms with Crippen molar-refractivity contribution in [2.75, 3.05) is 12.8 Å². The maximum Gasteiger partial charge on any atom is 0.252 e. The minimum atomic E-state index is -0.0321. The Kier molecular flexibility index (Phi) is 5.68. The second-order valence-corrected chi connectivity index (χ2v) is 6.24. The van der Waals surface area contributed by atoms with Gasteiger partial charge in [-0.3, -0.25) is 4.79 Å². The lowest BCUT2D eigenvalue weighted by atomic mass is 10.1. The van der Waals surface area contributed by atoms with Gasteiger partial charge in [0.25, 0.3) is 5.91 Å². The van der Waals surface area contributed by atoms with Gasteiger partial charge in [0.1, 0.15) is 0 Å². The molecular formula is C16H16BrNOS. The van der Waals surface area contributed by atoms with Crippen molar-refractivity contribution in [3.05, 3.63) is 65.7 Å². The fraction of sp³-hybridized carbons (Fsp3) is 0.188. The van der Waals surface area contributed by atoms with Gasteiger partial charge >= 0.3 is 0 Å². The smallest absolute Gasteiger partial charge is 0.252 e. The van der Waals surface area contributed by atoms with Crippen LogP contribution in [0.4, 0.5) is 0 Å². The first-order valence-electron chi connectivity index (χ1n) is 6.32. The number of rotatable bonds is 5. The van der Waals surface area contributed by atoms with E-state index in [-0.39, 0.29) is 10.7 Å². The molecule has 4 heteroatoms. The number of carbonyl (C=O) groups is 1. The molecule has 0 aromatic heterocycles. The van der Waals surface area contributed by atoms with Crippen molar-refractivity contribution in [1.82, 2.24) is 5.32 Å². The quantitative estimate of drug-likeness (QED) is 0.644. The summed E-state index contributed by atoms with van der Waals surface area (Å²) in [6.07, 6.45) is 1.98. The van der Waals surface area contributed by atoms with E-state index in [0.29, 0.717) is 6.54 Å². The first kappa shape index (κ1) is 15.1. The average molecular weight is 350 g/mol. The fourth-order valence-electron chi connectivity index (χ4n) is 1.89. The minimum absolute atomic E-state index is 0.0321. The standard InChI is InChI=1S/C16H16BrNOS/c1-20-15-10-6-5-9-13(15)16(19)18-11-14(17)12-7-3-2-4-8-12/h2-10,14H,11H2,1H3,(H,18,19). The molecule has 0 saturated heterocycles. The van der Waals surface area contributed by atoms with E-state index in [2.05, 4.69) is 21.2 Å². The van der Waals surface area contributed by atoms with E-state index < -0.39 is 0 Å². The van der Waals surface area contributed by atoms with Crippen molar-refractivity contribution in [3.63, 3.8) is 0 Å². The Balaban J connectivity index is 1.99. The molecule has 1 amide bonds. The SMILES string of the molecule is CSc1ccccc1C(=O)NCC(Br)c1ccccc1. The van der Waals surface area contributed by atoms with Crippen molar-refractivity contribution >= 4 is 33.6 Å². The van der Waals surface area contributed by atoms with Crippen molar-refractivity contribution in [3.8, 4) is 0 Å². The topological polar surface area (TPSA) is 29.1 Å². The number of hydrogen-bond donors (Lipinski definition) is 1. The zero-order valence-corrected chi connectivity index (χ0v) is 13.6. The Bertz CT molecular complexity index is 574. The highest BCUT2D eigenvalue weighted by molar-refractivity contribution is 9.09. The van der Waals surface area contributed by atoms with Gasteiger partial charge in [-0.2, -0.15) is 0 Å². The van der Waals surface area contributed by atoms with Crippen molar-refractivity contribution in [2.45, 2.75) is 9.72 Å². The zero-order valence-electron chi connectivity index (χ0n) is 11.2. The highest BCUT2D eigenvalue weighted by Crippen LogP contribution is 2.22. The molecule has 2 aromatic carbocycles. The minimum Gasteiger partial charge on any atom is -0.351 e. The second-order valence-electron chi connectivity index (χ2n) is 4.29. The van der Waals surface area contributed by atoms with Gasteiger partial charge in [-0.1, -0.05) is 58.4 Å². The molecule has 1 unspecified atom stereocenters. The van der Waals surface area contributed by atoms with Crippen molar-refractivity contribution in [1.29, 1.82) is 0 Å². The first-order chi connectivity index (χ1) is 9.72. The van der Waals surface area contributed by atoms with E-state index >= 15 is 0 Å². The zero-order chi connectivity index (χ0) is 14.4. The Morgan fingerprint density at radius 1 is 1.15 bits per heavy atom. The van der Waals surface area contributed by atoms with Gasteiger partial charge in [-0.05, 0) is 24.0 Å². The van der Waals surface area contributed by atoms with E-state index in [0.717, 1.165) is 16.0 Å². The lowest BCUT2D eigenvalue weighted by Crippen LogP contribution is -2.27. The Morgan fingerprint density at radius 2 is 1.80 bits per heavy atom. The molecule has 1 N–H and O–H groups in total. The molecule has 0 bridgehead atoms. The molecule has 0 radical (unpaired) electrons. The summed E-state index contributed by atoms with van der Waals surface area (Å²) < 4.78 is 0. The van der Waals surface area contributed by atoms with Crippen LogP contribution in [0, 0.1) is 0 Å². The summed E-state index contributed by atoms with van der Waals surface area (Å²) >= 11 is 5.18. The summed E-state index contributed by atoms with van der Waals surface area (Å²) in [5.74, 6) is -0.0321. The third kappa shape index (κ3) is 3.87. The predicted molar refractivity (Wildman–Crippen MR) is 88.7 cm³/mol. The Labute approximate surface area is 132 Å². The lowest BCUT2D eigenvalue weighted by molar-refractivity contribution is 0.0951. The Hall–Kier alpha value is -1.26. The fourth-order valence-corrected chi connectivity index (χ4v) is 2.95. The first-order valence-corrected chi connectivity index (χ1v) is 8.46. The number of halogens is 1. The largest absolute Gasteiger partial charge is 0.351 e. The summed E-state index contributed by atoms with van der Waals surface area (Å²) in [4.78, 5) is 13.3. The molecule has 2 rings (SSSR count). The third-order valence-electron chi connectivity index (χ3n) is 2.95. The highest BCUT2D eigenvalue weighted by Gasteiger charge is 2.12. The molecule has 2 aromatic rings. The summed E-state index contributed by atoms with van der Waals surface area (Å²) in [5, 5.41) is 2.97. The van der Waals surface area contributed by atoms with Crippen molar-refractivity contribution < 1.29 is 4.79 Å². The van der Waals surface area contributed by atoms with Crippen LogP contribution in [-0.2, 0) is 0 Å². The molecule has 0 aliphatic heterocycles. The number of hydrogen-bond acceptors (Lipinski definition) is 2. The summed E-state index contributed by atoms with van der Waals surface area (Å²) in [6, 6.07) is 17.7. The van der Waals surface area contributed by atoms with Gasteiger partial charge in [0.05, 0.1) is 10.4 Å². The van der Waals surface area contributed by atoms with Crippen molar-refractivity contribution in [2.24, 2.45) is 0 Å². The van der Waals surface area contributed by atoms with Gasteiger partial charge in [-0.25, -0.2) is 0 Å². The lowest BCUT2D eigenvalue weighted by Gasteiger charge is -2.12. The monoisotopic (exact) mass is 349 g/mol. The number of nitrogens with one attached hydrogen (secondary N) is 1. The summed E-state index contributed by atoms with van der Waals surface area (Å²) in [7, 11) is 0. The third-order valence-corrected chi connectivity index (χ3v) is 4.60. The summed E-state index contributed by atoms with van der Waals surface area (Å²) in [5.41, 5.74) is 1.89. The molecule has 104 valence electrons. The van der Waals surface area contributed by atoms with Crippen LogP contribution in [0.5, 0.6) is 0 Å². The molecule has 0 spiro atoms. The Morgan fingerprint density at radius 3 is 2.50 bits per heavy atom. The van der Waals surface area contributed by atoms with Crippen LogP contribution in [-0.4, -0.2) is 18.7 Å². The van der Waals surface area contributed by atoms with Crippen LogP contribution in [0.2, 0.25) is 0 Å². The molecule has 1 atom stereocenters. The average Bonchev–Trinajstić information content (AvgIpc) is 2.53. The maximum absolute atomic E-state index is 12.2. The number of thioether (sulfide) groups is 1. The molecule has 0 fully saturated rings. The number of carbonyl (C=O) groups excluding carboxylic acids is 1. The van der Waals surface area contributed by atoms with Gasteiger partial charge in [-0.15, -0.1) is 11.8 Å². The number of alkyl halides is 1. The van der Waals surface area contributed by atoms with Crippen LogP contribution >= 0.6 is 27.7 Å². The number of benzene rings is 2. The van der Waals surface area contributed by atoms with E-state index in [1.165, 1.54) is 0 Å². The van der Waals surface area contributed by atoms with Crippen LogP contribution in [0.25, 0.3) is 0 Å². The van der Waals surface area contributed by atoms with Gasteiger partial charge in [0, 0.05) is 11.4 Å². The van der Waals surface area contributed by atoms with Gasteiger partial charge in [0.15, 0.2) is 0 Å². The summed E-state index contributed by atoms with van der Waals surface area (Å²) in [6.45, 7) is 0.561. The number of amides is 1. The molecule has 20 heavy (non-hydrogen) atoms. The van der Waals surface area contributed by atoms with Gasteiger partial charge in [0.2, 0.25) is 0 Å². The highest BCUT2D eigenvalue weighted by atomic mass is 79.9. The molecule has 0 saturated carbocycles. The van der Waals surface area contributed by atoms with E-state index in [9.17, 15) is 4.79 Å². The van der Waals surface area contributed by atoms with Gasteiger partial charge < -0.3 is 5.32 Å². The van der Waals surface area contributed by atoms with E-state index in [1.807, 2.05) is 60.9 Å². The van der Waals surface area contributed by atoms with E-state index in [4.69, 9.17) is 0 Å². The molecular weight excluding hydrogens is 334 g/mol. The van der Waals surface area contributed by atoms with Crippen LogP contribution < -0.4 is 5.32 Å². The molecule has 2 nitrogen and oxygen atoms in total. The second kappa shape index (κ2) is 7.50. The van der Waals surface area contributed by atoms with Crippen LogP contribution in [0.3, 0.4) is 0 Å². The predicted octanol–water partition coefficient (Wildman–Crippen LogP) is 4.27. The molecule has 0 heterocycles.